The number of H-pyrrole nitrogens is 1. The zero-order valence-corrected chi connectivity index (χ0v) is 9.80. The molecule has 1 aromatic rings. The van der Waals surface area contributed by atoms with Crippen LogP contribution in [-0.2, 0) is 0 Å². The minimum absolute atomic E-state index is 0.168. The molecule has 1 amide bonds. The van der Waals surface area contributed by atoms with Crippen LogP contribution in [0.5, 0.6) is 0 Å². The van der Waals surface area contributed by atoms with Gasteiger partial charge in [-0.1, -0.05) is 6.92 Å². The third-order valence-corrected chi connectivity index (χ3v) is 2.84. The summed E-state index contributed by atoms with van der Waals surface area (Å²) in [5.41, 5.74) is 0. The van der Waals surface area contributed by atoms with Gasteiger partial charge in [-0.05, 0) is 24.9 Å². The predicted octanol–water partition coefficient (Wildman–Crippen LogP) is 1.07. The molecule has 0 bridgehead atoms. The van der Waals surface area contributed by atoms with Crippen LogP contribution in [0.25, 0.3) is 0 Å². The number of rotatable bonds is 6. The molecule has 1 atom stereocenters. The van der Waals surface area contributed by atoms with E-state index >= 15 is 0 Å². The van der Waals surface area contributed by atoms with E-state index in [9.17, 15) is 4.79 Å². The number of nitrogens with zero attached hydrogens (tertiary/aromatic N) is 2. The highest BCUT2D eigenvalue weighted by molar-refractivity contribution is 7.99. The fraction of sp³-hybridized carbons (Fsp3) is 0.667. The number of aromatic nitrogens is 3. The van der Waals surface area contributed by atoms with Gasteiger partial charge in [0.05, 0.1) is 0 Å². The lowest BCUT2D eigenvalue weighted by atomic mass is 10.2. The van der Waals surface area contributed by atoms with Crippen LogP contribution in [0, 0.1) is 0 Å². The van der Waals surface area contributed by atoms with E-state index in [1.54, 1.807) is 0 Å². The largest absolute Gasteiger partial charge is 0.347 e. The van der Waals surface area contributed by atoms with E-state index in [0.717, 1.165) is 17.9 Å². The summed E-state index contributed by atoms with van der Waals surface area (Å²) in [6.07, 6.45) is 2.30. The first-order valence-corrected chi connectivity index (χ1v) is 6.13. The van der Waals surface area contributed by atoms with Crippen molar-refractivity contribution in [3.05, 3.63) is 12.2 Å². The van der Waals surface area contributed by atoms with Gasteiger partial charge in [0.25, 0.3) is 5.91 Å². The van der Waals surface area contributed by atoms with Crippen LogP contribution in [0.4, 0.5) is 0 Å². The summed E-state index contributed by atoms with van der Waals surface area (Å²) in [6, 6.07) is 0.168. The molecule has 1 rings (SSSR count). The number of aromatic amines is 1. The molecule has 0 saturated heterocycles. The van der Waals surface area contributed by atoms with Crippen LogP contribution in [0.3, 0.4) is 0 Å². The Kier molecular flexibility index (Phi) is 5.17. The summed E-state index contributed by atoms with van der Waals surface area (Å²) in [6.45, 7) is 4.12. The Morgan fingerprint density at radius 1 is 1.73 bits per heavy atom. The van der Waals surface area contributed by atoms with Gasteiger partial charge in [-0.25, -0.2) is 4.98 Å². The summed E-state index contributed by atoms with van der Waals surface area (Å²) < 4.78 is 0. The van der Waals surface area contributed by atoms with Crippen LogP contribution in [0.1, 0.15) is 30.9 Å². The zero-order chi connectivity index (χ0) is 11.1. The first-order chi connectivity index (χ1) is 7.24. The second-order valence-corrected chi connectivity index (χ2v) is 4.59. The van der Waals surface area contributed by atoms with Crippen molar-refractivity contribution in [3.8, 4) is 0 Å². The molecular formula is C9H16N4OS. The molecule has 0 saturated carbocycles. The van der Waals surface area contributed by atoms with E-state index < -0.39 is 0 Å². The van der Waals surface area contributed by atoms with Gasteiger partial charge in [-0.2, -0.15) is 16.9 Å². The van der Waals surface area contributed by atoms with E-state index in [1.807, 2.05) is 18.7 Å². The molecular weight excluding hydrogens is 212 g/mol. The summed E-state index contributed by atoms with van der Waals surface area (Å²) >= 11 is 1.87. The Bertz CT molecular complexity index is 288. The van der Waals surface area contributed by atoms with Crippen LogP contribution in [0.2, 0.25) is 0 Å². The van der Waals surface area contributed by atoms with Crippen LogP contribution in [-0.4, -0.2) is 38.6 Å². The fourth-order valence-electron chi connectivity index (χ4n) is 1.08. The molecule has 0 aliphatic carbocycles. The Balaban J connectivity index is 2.26. The molecule has 0 aliphatic heterocycles. The lowest BCUT2D eigenvalue weighted by Gasteiger charge is -2.11. The Labute approximate surface area is 93.4 Å². The molecule has 0 aliphatic rings. The average Bonchev–Trinajstić information content (AvgIpc) is 2.70. The quantitative estimate of drug-likeness (QED) is 0.714. The molecule has 1 heterocycles. The van der Waals surface area contributed by atoms with Gasteiger partial charge in [0.2, 0.25) is 5.82 Å². The molecule has 0 spiro atoms. The SMILES string of the molecule is CCSCCC(C)NC(=O)c1ncn[nH]1. The second kappa shape index (κ2) is 6.44. The number of hydrogen-bond acceptors (Lipinski definition) is 4. The number of hydrogen-bond donors (Lipinski definition) is 2. The average molecular weight is 228 g/mol. The normalized spacial score (nSPS) is 12.4. The molecule has 15 heavy (non-hydrogen) atoms. The first kappa shape index (κ1) is 12.0. The first-order valence-electron chi connectivity index (χ1n) is 4.98. The molecule has 1 aromatic heterocycles. The van der Waals surface area contributed by atoms with Gasteiger partial charge in [0.15, 0.2) is 0 Å². The summed E-state index contributed by atoms with van der Waals surface area (Å²) in [7, 11) is 0. The van der Waals surface area contributed by atoms with Gasteiger partial charge < -0.3 is 5.32 Å². The van der Waals surface area contributed by atoms with Crippen molar-refractivity contribution in [1.29, 1.82) is 0 Å². The fourth-order valence-corrected chi connectivity index (χ4v) is 1.89. The van der Waals surface area contributed by atoms with Gasteiger partial charge in [0, 0.05) is 6.04 Å². The van der Waals surface area contributed by atoms with E-state index in [0.29, 0.717) is 0 Å². The van der Waals surface area contributed by atoms with Crippen molar-refractivity contribution in [2.75, 3.05) is 11.5 Å². The Morgan fingerprint density at radius 3 is 3.13 bits per heavy atom. The summed E-state index contributed by atoms with van der Waals surface area (Å²) in [4.78, 5) is 15.3. The molecule has 5 nitrogen and oxygen atoms in total. The maximum absolute atomic E-state index is 11.5. The highest BCUT2D eigenvalue weighted by atomic mass is 32.2. The molecule has 0 radical (unpaired) electrons. The number of carbonyl (C=O) groups is 1. The monoisotopic (exact) mass is 228 g/mol. The Morgan fingerprint density at radius 2 is 2.53 bits per heavy atom. The molecule has 84 valence electrons. The van der Waals surface area contributed by atoms with Crippen molar-refractivity contribution in [1.82, 2.24) is 20.5 Å². The van der Waals surface area contributed by atoms with Crippen molar-refractivity contribution in [2.24, 2.45) is 0 Å². The number of nitrogens with one attached hydrogen (secondary N) is 2. The van der Waals surface area contributed by atoms with Crippen LogP contribution < -0.4 is 5.32 Å². The number of carbonyl (C=O) groups excluding carboxylic acids is 1. The standard InChI is InChI=1S/C9H16N4OS/c1-3-15-5-4-7(2)12-9(14)8-10-6-11-13-8/h6-7H,3-5H2,1-2H3,(H,12,14)(H,10,11,13). The van der Waals surface area contributed by atoms with E-state index in [4.69, 9.17) is 0 Å². The molecule has 1 unspecified atom stereocenters. The third-order valence-electron chi connectivity index (χ3n) is 1.91. The Hall–Kier alpha value is -1.04. The zero-order valence-electron chi connectivity index (χ0n) is 8.99. The molecule has 2 N–H and O–H groups in total. The van der Waals surface area contributed by atoms with Crippen molar-refractivity contribution < 1.29 is 4.79 Å². The number of amides is 1. The van der Waals surface area contributed by atoms with E-state index in [-0.39, 0.29) is 17.8 Å². The highest BCUT2D eigenvalue weighted by Crippen LogP contribution is 2.03. The summed E-state index contributed by atoms with van der Waals surface area (Å²) in [5, 5.41) is 9.01. The van der Waals surface area contributed by atoms with Crippen LogP contribution in [0.15, 0.2) is 6.33 Å². The van der Waals surface area contributed by atoms with Crippen LogP contribution >= 0.6 is 11.8 Å². The summed E-state index contributed by atoms with van der Waals surface area (Å²) in [5.74, 6) is 2.25. The topological polar surface area (TPSA) is 70.7 Å². The lowest BCUT2D eigenvalue weighted by molar-refractivity contribution is 0.0929. The molecule has 0 fully saturated rings. The molecule has 0 aromatic carbocycles. The smallest absolute Gasteiger partial charge is 0.288 e. The van der Waals surface area contributed by atoms with E-state index in [2.05, 4.69) is 27.4 Å². The number of thioether (sulfide) groups is 1. The third kappa shape index (κ3) is 4.33. The minimum atomic E-state index is -0.193. The highest BCUT2D eigenvalue weighted by Gasteiger charge is 2.11. The van der Waals surface area contributed by atoms with Crippen molar-refractivity contribution in [3.63, 3.8) is 0 Å². The van der Waals surface area contributed by atoms with Crippen molar-refractivity contribution >= 4 is 17.7 Å². The second-order valence-electron chi connectivity index (χ2n) is 3.19. The van der Waals surface area contributed by atoms with E-state index in [1.165, 1.54) is 6.33 Å². The van der Waals surface area contributed by atoms with Gasteiger partial charge in [0.1, 0.15) is 6.33 Å². The predicted molar refractivity (Wildman–Crippen MR) is 60.9 cm³/mol. The maximum Gasteiger partial charge on any atom is 0.288 e. The van der Waals surface area contributed by atoms with Crippen molar-refractivity contribution in [2.45, 2.75) is 26.3 Å². The molecule has 6 heteroatoms. The maximum atomic E-state index is 11.5. The minimum Gasteiger partial charge on any atom is -0.347 e. The van der Waals surface area contributed by atoms with Gasteiger partial charge in [-0.15, -0.1) is 0 Å². The van der Waals surface area contributed by atoms with Gasteiger partial charge in [-0.3, -0.25) is 9.89 Å². The lowest BCUT2D eigenvalue weighted by Crippen LogP contribution is -2.33. The van der Waals surface area contributed by atoms with Gasteiger partial charge >= 0.3 is 0 Å².